The van der Waals surface area contributed by atoms with E-state index in [0.717, 1.165) is 11.1 Å². The van der Waals surface area contributed by atoms with E-state index in [9.17, 15) is 14.4 Å². The quantitative estimate of drug-likeness (QED) is 0.568. The molecule has 27 heavy (non-hydrogen) atoms. The largest absolute Gasteiger partial charge is 0.489 e. The van der Waals surface area contributed by atoms with Crippen molar-refractivity contribution in [2.75, 3.05) is 28.3 Å². The van der Waals surface area contributed by atoms with E-state index in [4.69, 9.17) is 9.47 Å². The number of rotatable bonds is 6. The number of Topliss-reactive ketones (excluding diaryl/α,β-unsaturated/α-hetero) is 2. The molecule has 1 aromatic rings. The zero-order valence-corrected chi connectivity index (χ0v) is 16.2. The molecule has 0 saturated carbocycles. The third-order valence-corrected chi connectivity index (χ3v) is 4.31. The predicted molar refractivity (Wildman–Crippen MR) is 102 cm³/mol. The number of carbonyl (C=O) groups is 3. The molecule has 1 aliphatic carbocycles. The Balaban J connectivity index is 2.22. The number of methoxy groups -OCH3 is 2. The molecule has 0 bridgehead atoms. The third-order valence-electron chi connectivity index (χ3n) is 4.31. The highest BCUT2D eigenvalue weighted by atomic mass is 16.5. The first-order valence-corrected chi connectivity index (χ1v) is 8.39. The second kappa shape index (κ2) is 8.49. The molecule has 1 aromatic carbocycles. The maximum absolute atomic E-state index is 12.7. The first-order valence-electron chi connectivity index (χ1n) is 8.39. The number of allylic oxidation sites excluding steroid dienone is 2. The van der Waals surface area contributed by atoms with E-state index in [-0.39, 0.29) is 29.0 Å². The van der Waals surface area contributed by atoms with E-state index < -0.39 is 0 Å². The van der Waals surface area contributed by atoms with Gasteiger partial charge >= 0.3 is 0 Å². The van der Waals surface area contributed by atoms with Gasteiger partial charge in [0.25, 0.3) is 0 Å². The van der Waals surface area contributed by atoms with Crippen LogP contribution in [0.2, 0.25) is 0 Å². The molecule has 0 unspecified atom stereocenters. The summed E-state index contributed by atoms with van der Waals surface area (Å²) in [5.41, 5.74) is 2.49. The van der Waals surface area contributed by atoms with Crippen molar-refractivity contribution in [3.05, 3.63) is 64.1 Å². The molecule has 1 aliphatic rings. The van der Waals surface area contributed by atoms with Crippen LogP contribution in [-0.4, -0.2) is 50.7 Å². The number of nitrogens with zero attached hydrogens (tertiary/aromatic N) is 1. The van der Waals surface area contributed by atoms with Gasteiger partial charge in [0.15, 0.2) is 0 Å². The Labute approximate surface area is 158 Å². The molecule has 6 nitrogen and oxygen atoms in total. The van der Waals surface area contributed by atoms with Crippen molar-refractivity contribution in [3.8, 4) is 0 Å². The highest BCUT2D eigenvalue weighted by molar-refractivity contribution is 6.23. The second-order valence-corrected chi connectivity index (χ2v) is 6.31. The van der Waals surface area contributed by atoms with Gasteiger partial charge in [0.1, 0.15) is 0 Å². The van der Waals surface area contributed by atoms with Crippen LogP contribution >= 0.6 is 0 Å². The van der Waals surface area contributed by atoms with Gasteiger partial charge < -0.3 is 14.4 Å². The average molecular weight is 369 g/mol. The van der Waals surface area contributed by atoms with Crippen molar-refractivity contribution in [2.45, 2.75) is 13.3 Å². The summed E-state index contributed by atoms with van der Waals surface area (Å²) < 4.78 is 10.1. The van der Waals surface area contributed by atoms with Gasteiger partial charge in [-0.2, -0.15) is 0 Å². The monoisotopic (exact) mass is 369 g/mol. The molecule has 0 aromatic heterocycles. The molecule has 0 fully saturated rings. The molecule has 142 valence electrons. The molecule has 0 N–H and O–H groups in total. The summed E-state index contributed by atoms with van der Waals surface area (Å²) in [6.45, 7) is 1.62. The molecule has 1 amide bonds. The van der Waals surface area contributed by atoms with Crippen molar-refractivity contribution in [2.24, 2.45) is 0 Å². The molecule has 0 radical (unpaired) electrons. The summed E-state index contributed by atoms with van der Waals surface area (Å²) in [5, 5.41) is 0. The summed E-state index contributed by atoms with van der Waals surface area (Å²) in [5.74, 6) is -0.906. The van der Waals surface area contributed by atoms with Crippen LogP contribution < -0.4 is 0 Å². The lowest BCUT2D eigenvalue weighted by molar-refractivity contribution is -0.123. The van der Waals surface area contributed by atoms with Crippen LogP contribution in [-0.2, 0) is 30.3 Å². The van der Waals surface area contributed by atoms with Gasteiger partial charge in [0.2, 0.25) is 29.0 Å². The number of carbonyl (C=O) groups excluding carboxylic acids is 3. The van der Waals surface area contributed by atoms with Gasteiger partial charge in [-0.1, -0.05) is 24.3 Å². The molecular formula is C21H23NO5. The fourth-order valence-electron chi connectivity index (χ4n) is 2.67. The van der Waals surface area contributed by atoms with Gasteiger partial charge in [-0.15, -0.1) is 0 Å². The molecule has 0 atom stereocenters. The van der Waals surface area contributed by atoms with Crippen LogP contribution in [0.1, 0.15) is 18.1 Å². The zero-order chi connectivity index (χ0) is 20.1. The summed E-state index contributed by atoms with van der Waals surface area (Å²) in [6, 6.07) is 7.43. The predicted octanol–water partition coefficient (Wildman–Crippen LogP) is 2.30. The lowest BCUT2D eigenvalue weighted by atomic mass is 9.89. The van der Waals surface area contributed by atoms with Gasteiger partial charge in [-0.25, -0.2) is 0 Å². The topological polar surface area (TPSA) is 72.9 Å². The number of hydrogen-bond acceptors (Lipinski definition) is 5. The number of benzene rings is 1. The first kappa shape index (κ1) is 20.2. The van der Waals surface area contributed by atoms with E-state index in [1.54, 1.807) is 27.1 Å². The van der Waals surface area contributed by atoms with E-state index >= 15 is 0 Å². The van der Waals surface area contributed by atoms with E-state index in [1.165, 1.54) is 25.2 Å². The Morgan fingerprint density at radius 3 is 2.07 bits per heavy atom. The normalized spacial score (nSPS) is 14.9. The third kappa shape index (κ3) is 4.34. The molecule has 2 rings (SSSR count). The van der Waals surface area contributed by atoms with Crippen LogP contribution in [0.3, 0.4) is 0 Å². The van der Waals surface area contributed by atoms with Crippen LogP contribution in [0.15, 0.2) is 53.0 Å². The molecule has 0 aliphatic heterocycles. The van der Waals surface area contributed by atoms with E-state index in [0.29, 0.717) is 17.6 Å². The minimum absolute atomic E-state index is 0.0604. The fraction of sp³-hybridized carbons (Fsp3) is 0.286. The zero-order valence-electron chi connectivity index (χ0n) is 16.2. The minimum Gasteiger partial charge on any atom is -0.489 e. The van der Waals surface area contributed by atoms with Gasteiger partial charge in [0.05, 0.1) is 14.2 Å². The Hall–Kier alpha value is -3.15. The SMILES string of the molecule is COC1=C(OC)C(=O)C(Cc2ccc(/C=C/C(=O)N(C)C)cc2)=C(C)C1=O. The Bertz CT molecular complexity index is 857. The summed E-state index contributed by atoms with van der Waals surface area (Å²) in [4.78, 5) is 38.2. The summed E-state index contributed by atoms with van der Waals surface area (Å²) in [7, 11) is 6.05. The molecule has 0 heterocycles. The number of hydrogen-bond donors (Lipinski definition) is 0. The lowest BCUT2D eigenvalue weighted by Crippen LogP contribution is -2.25. The van der Waals surface area contributed by atoms with Crippen molar-refractivity contribution in [3.63, 3.8) is 0 Å². The highest BCUT2D eigenvalue weighted by Crippen LogP contribution is 2.28. The number of ketones is 2. The summed E-state index contributed by atoms with van der Waals surface area (Å²) in [6.07, 6.45) is 3.52. The number of amides is 1. The van der Waals surface area contributed by atoms with Crippen molar-refractivity contribution >= 4 is 23.5 Å². The van der Waals surface area contributed by atoms with E-state index in [1.807, 2.05) is 24.3 Å². The number of likely N-dealkylation sites (N-methyl/N-ethyl adjacent to an activating group) is 1. The average Bonchev–Trinajstić information content (AvgIpc) is 2.66. The lowest BCUT2D eigenvalue weighted by Gasteiger charge is -2.20. The van der Waals surface area contributed by atoms with Gasteiger partial charge in [0, 0.05) is 37.7 Å². The van der Waals surface area contributed by atoms with Crippen molar-refractivity contribution < 1.29 is 23.9 Å². The molecular weight excluding hydrogens is 346 g/mol. The molecule has 6 heteroatoms. The van der Waals surface area contributed by atoms with Gasteiger partial charge in [-0.3, -0.25) is 14.4 Å². The van der Waals surface area contributed by atoms with Gasteiger partial charge in [-0.05, 0) is 24.1 Å². The standard InChI is InChI=1S/C21H23NO5/c1-13-16(19(25)21(27-5)20(26-4)18(13)24)12-15-8-6-14(7-9-15)10-11-17(23)22(2)3/h6-11H,12H2,1-5H3/b11-10+. The maximum Gasteiger partial charge on any atom is 0.246 e. The summed E-state index contributed by atoms with van der Waals surface area (Å²) >= 11 is 0. The Morgan fingerprint density at radius 2 is 1.56 bits per heavy atom. The minimum atomic E-state index is -0.342. The van der Waals surface area contributed by atoms with Crippen LogP contribution in [0.4, 0.5) is 0 Å². The van der Waals surface area contributed by atoms with Crippen molar-refractivity contribution in [1.29, 1.82) is 0 Å². The first-order chi connectivity index (χ1) is 12.8. The smallest absolute Gasteiger partial charge is 0.246 e. The van der Waals surface area contributed by atoms with Crippen molar-refractivity contribution in [1.82, 2.24) is 4.90 Å². The van der Waals surface area contributed by atoms with Crippen LogP contribution in [0, 0.1) is 0 Å². The maximum atomic E-state index is 12.7. The molecule has 0 saturated heterocycles. The van der Waals surface area contributed by atoms with Crippen LogP contribution in [0.5, 0.6) is 0 Å². The Morgan fingerprint density at radius 1 is 1.00 bits per heavy atom. The Kier molecular flexibility index (Phi) is 6.34. The van der Waals surface area contributed by atoms with Crippen LogP contribution in [0.25, 0.3) is 6.08 Å². The van der Waals surface area contributed by atoms with E-state index in [2.05, 4.69) is 0 Å². The second-order valence-electron chi connectivity index (χ2n) is 6.31. The number of ether oxygens (including phenoxy) is 2. The fourth-order valence-corrected chi connectivity index (χ4v) is 2.67. The highest BCUT2D eigenvalue weighted by Gasteiger charge is 2.34. The molecule has 0 spiro atoms.